The van der Waals surface area contributed by atoms with Crippen molar-refractivity contribution in [3.8, 4) is 0 Å². The minimum atomic E-state index is -0.590. The summed E-state index contributed by atoms with van der Waals surface area (Å²) in [5.74, 6) is 2.20. The van der Waals surface area contributed by atoms with Crippen LogP contribution in [0.5, 0.6) is 0 Å². The van der Waals surface area contributed by atoms with E-state index in [0.717, 1.165) is 29.1 Å². The van der Waals surface area contributed by atoms with Crippen molar-refractivity contribution in [2.75, 3.05) is 10.6 Å². The SMILES string of the molecule is O=C(Cn1ccc(=O)[nH]c1=O)Nc1ccccc1NC12CC3CC(CC(C3)C1)C2. The van der Waals surface area contributed by atoms with Crippen LogP contribution < -0.4 is 21.9 Å². The van der Waals surface area contributed by atoms with Gasteiger partial charge in [0.2, 0.25) is 5.91 Å². The lowest BCUT2D eigenvalue weighted by molar-refractivity contribution is -0.116. The molecule has 1 aromatic carbocycles. The van der Waals surface area contributed by atoms with Crippen LogP contribution in [0.1, 0.15) is 38.5 Å². The molecule has 0 atom stereocenters. The average Bonchev–Trinajstić information content (AvgIpc) is 2.64. The zero-order valence-electron chi connectivity index (χ0n) is 16.3. The number of para-hydroxylation sites is 2. The van der Waals surface area contributed by atoms with E-state index in [0.29, 0.717) is 0 Å². The Hall–Kier alpha value is -2.83. The standard InChI is InChI=1S/C22H26N4O3/c27-19-5-6-26(21(29)24-19)13-20(28)23-17-3-1-2-4-18(17)25-22-10-14-7-15(11-22)9-16(8-14)12-22/h1-6,14-16,25H,7-13H2,(H,23,28)(H,24,27,29). The second-order valence-electron chi connectivity index (χ2n) is 9.15. The number of benzene rings is 1. The molecule has 1 amide bonds. The zero-order valence-corrected chi connectivity index (χ0v) is 16.3. The Bertz CT molecular complexity index is 1020. The van der Waals surface area contributed by atoms with Gasteiger partial charge in [-0.2, -0.15) is 0 Å². The largest absolute Gasteiger partial charge is 0.378 e. The average molecular weight is 394 g/mol. The Labute approximate surface area is 168 Å². The van der Waals surface area contributed by atoms with Crippen LogP contribution in [0.4, 0.5) is 11.4 Å². The van der Waals surface area contributed by atoms with Crippen LogP contribution in [0.2, 0.25) is 0 Å². The Morgan fingerprint density at radius 2 is 1.62 bits per heavy atom. The number of aromatic amines is 1. The molecule has 3 N–H and O–H groups in total. The van der Waals surface area contributed by atoms with E-state index in [-0.39, 0.29) is 18.0 Å². The highest BCUT2D eigenvalue weighted by molar-refractivity contribution is 5.94. The molecule has 7 heteroatoms. The van der Waals surface area contributed by atoms with E-state index in [4.69, 9.17) is 0 Å². The molecule has 0 saturated heterocycles. The first-order valence-electron chi connectivity index (χ1n) is 10.4. The van der Waals surface area contributed by atoms with Crippen LogP contribution >= 0.6 is 0 Å². The smallest absolute Gasteiger partial charge is 0.328 e. The highest BCUT2D eigenvalue weighted by atomic mass is 16.2. The second-order valence-corrected chi connectivity index (χ2v) is 9.15. The first-order chi connectivity index (χ1) is 14.0. The van der Waals surface area contributed by atoms with Gasteiger partial charge in [-0.1, -0.05) is 12.1 Å². The van der Waals surface area contributed by atoms with Gasteiger partial charge in [-0.05, 0) is 68.4 Å². The van der Waals surface area contributed by atoms with Crippen molar-refractivity contribution in [2.24, 2.45) is 17.8 Å². The molecule has 0 aliphatic heterocycles. The number of hydrogen-bond donors (Lipinski definition) is 3. The first-order valence-corrected chi connectivity index (χ1v) is 10.4. The number of carbonyl (C=O) groups excluding carboxylic acids is 1. The van der Waals surface area contributed by atoms with Gasteiger partial charge in [0.05, 0.1) is 11.4 Å². The van der Waals surface area contributed by atoms with Crippen LogP contribution in [0.25, 0.3) is 0 Å². The first kappa shape index (κ1) is 18.2. The lowest BCUT2D eigenvalue weighted by Gasteiger charge is -2.57. The van der Waals surface area contributed by atoms with Gasteiger partial charge in [0.25, 0.3) is 5.56 Å². The highest BCUT2D eigenvalue weighted by Gasteiger charge is 2.51. The number of amides is 1. The van der Waals surface area contributed by atoms with Gasteiger partial charge in [-0.3, -0.25) is 19.1 Å². The molecule has 29 heavy (non-hydrogen) atoms. The molecule has 4 aliphatic rings. The number of hydrogen-bond acceptors (Lipinski definition) is 4. The quantitative estimate of drug-likeness (QED) is 0.726. The number of nitrogens with zero attached hydrogens (tertiary/aromatic N) is 1. The van der Waals surface area contributed by atoms with Gasteiger partial charge in [-0.25, -0.2) is 4.79 Å². The fourth-order valence-electron chi connectivity index (χ4n) is 6.16. The lowest BCUT2D eigenvalue weighted by atomic mass is 9.53. The third-order valence-electron chi connectivity index (χ3n) is 6.85. The molecule has 7 nitrogen and oxygen atoms in total. The summed E-state index contributed by atoms with van der Waals surface area (Å²) in [5, 5.41) is 6.74. The van der Waals surface area contributed by atoms with Crippen molar-refractivity contribution in [3.63, 3.8) is 0 Å². The monoisotopic (exact) mass is 394 g/mol. The van der Waals surface area contributed by atoms with E-state index in [1.807, 2.05) is 24.3 Å². The van der Waals surface area contributed by atoms with Crippen molar-refractivity contribution in [1.82, 2.24) is 9.55 Å². The summed E-state index contributed by atoms with van der Waals surface area (Å²) in [6.07, 6.45) is 9.13. The van der Waals surface area contributed by atoms with Crippen molar-refractivity contribution >= 4 is 17.3 Å². The fourth-order valence-corrected chi connectivity index (χ4v) is 6.16. The predicted octanol–water partition coefficient (Wildman–Crippen LogP) is 2.56. The van der Waals surface area contributed by atoms with E-state index in [2.05, 4.69) is 15.6 Å². The molecule has 0 unspecified atom stereocenters. The van der Waals surface area contributed by atoms with Crippen molar-refractivity contribution in [2.45, 2.75) is 50.6 Å². The predicted molar refractivity (Wildman–Crippen MR) is 111 cm³/mol. The van der Waals surface area contributed by atoms with Crippen molar-refractivity contribution in [3.05, 3.63) is 57.4 Å². The minimum absolute atomic E-state index is 0.144. The number of carbonyl (C=O) groups is 1. The van der Waals surface area contributed by atoms with E-state index in [1.165, 1.54) is 55.4 Å². The fraction of sp³-hybridized carbons (Fsp3) is 0.500. The normalized spacial score (nSPS) is 29.6. The maximum absolute atomic E-state index is 12.5. The lowest BCUT2D eigenvalue weighted by Crippen LogP contribution is -2.54. The maximum atomic E-state index is 12.5. The third kappa shape index (κ3) is 3.61. The molecular weight excluding hydrogens is 368 g/mol. The van der Waals surface area contributed by atoms with E-state index in [9.17, 15) is 14.4 Å². The topological polar surface area (TPSA) is 96.0 Å². The summed E-state index contributed by atoms with van der Waals surface area (Å²) in [6.45, 7) is -0.151. The maximum Gasteiger partial charge on any atom is 0.328 e. The van der Waals surface area contributed by atoms with Crippen LogP contribution in [-0.4, -0.2) is 21.0 Å². The van der Waals surface area contributed by atoms with E-state index in [1.54, 1.807) is 0 Å². The number of anilines is 2. The Balaban J connectivity index is 1.33. The summed E-state index contributed by atoms with van der Waals surface area (Å²) >= 11 is 0. The summed E-state index contributed by atoms with van der Waals surface area (Å²) in [5.41, 5.74) is 0.748. The van der Waals surface area contributed by atoms with Crippen LogP contribution in [0, 0.1) is 17.8 Å². The molecular formula is C22H26N4O3. The van der Waals surface area contributed by atoms with Gasteiger partial charge < -0.3 is 10.6 Å². The molecule has 4 aliphatic carbocycles. The molecule has 2 aromatic rings. The van der Waals surface area contributed by atoms with Gasteiger partial charge in [0.15, 0.2) is 0 Å². The van der Waals surface area contributed by atoms with Crippen LogP contribution in [0.3, 0.4) is 0 Å². The second kappa shape index (κ2) is 6.90. The minimum Gasteiger partial charge on any atom is -0.378 e. The molecule has 0 spiro atoms. The highest BCUT2D eigenvalue weighted by Crippen LogP contribution is 2.56. The summed E-state index contributed by atoms with van der Waals surface area (Å²) < 4.78 is 1.19. The summed E-state index contributed by atoms with van der Waals surface area (Å²) in [4.78, 5) is 37.7. The Morgan fingerprint density at radius 1 is 1.00 bits per heavy atom. The van der Waals surface area contributed by atoms with Crippen LogP contribution in [0.15, 0.2) is 46.1 Å². The molecule has 1 aromatic heterocycles. The molecule has 0 radical (unpaired) electrons. The van der Waals surface area contributed by atoms with Gasteiger partial charge in [-0.15, -0.1) is 0 Å². The number of aromatic nitrogens is 2. The number of rotatable bonds is 5. The van der Waals surface area contributed by atoms with E-state index >= 15 is 0 Å². The Kier molecular flexibility index (Phi) is 4.33. The molecule has 6 rings (SSSR count). The zero-order chi connectivity index (χ0) is 20.0. The molecule has 4 bridgehead atoms. The molecule has 152 valence electrons. The summed E-state index contributed by atoms with van der Waals surface area (Å²) in [6, 6.07) is 9.01. The van der Waals surface area contributed by atoms with Crippen molar-refractivity contribution in [1.29, 1.82) is 0 Å². The van der Waals surface area contributed by atoms with Gasteiger partial charge in [0, 0.05) is 17.8 Å². The molecule has 4 saturated carbocycles. The Morgan fingerprint density at radius 3 is 2.24 bits per heavy atom. The molecule has 1 heterocycles. The van der Waals surface area contributed by atoms with Crippen LogP contribution in [-0.2, 0) is 11.3 Å². The molecule has 4 fully saturated rings. The van der Waals surface area contributed by atoms with Crippen molar-refractivity contribution < 1.29 is 4.79 Å². The van der Waals surface area contributed by atoms with Gasteiger partial charge >= 0.3 is 5.69 Å². The van der Waals surface area contributed by atoms with Gasteiger partial charge in [0.1, 0.15) is 6.54 Å². The number of nitrogens with one attached hydrogen (secondary N) is 3. The summed E-state index contributed by atoms with van der Waals surface area (Å²) in [7, 11) is 0. The van der Waals surface area contributed by atoms with E-state index < -0.39 is 11.2 Å². The third-order valence-corrected chi connectivity index (χ3v) is 6.85. The number of H-pyrrole nitrogens is 1.